The largest absolute Gasteiger partial charge is 0.482 e. The second-order valence-corrected chi connectivity index (χ2v) is 3.11. The van der Waals surface area contributed by atoms with Crippen LogP contribution in [0.4, 0.5) is 0 Å². The smallest absolute Gasteiger partial charge is 0.335 e. The van der Waals surface area contributed by atoms with Gasteiger partial charge in [-0.25, -0.2) is 4.79 Å². The lowest BCUT2D eigenvalue weighted by molar-refractivity contribution is -0.119. The number of primary amides is 1. The molecule has 5 nitrogen and oxygen atoms in total. The zero-order chi connectivity index (χ0) is 11.4. The van der Waals surface area contributed by atoms with Crippen LogP contribution in [-0.2, 0) is 4.79 Å². The van der Waals surface area contributed by atoms with Crippen molar-refractivity contribution in [1.29, 1.82) is 0 Å². The number of nitrogens with two attached hydrogens (primary N) is 1. The van der Waals surface area contributed by atoms with Crippen LogP contribution in [0.2, 0.25) is 5.02 Å². The Morgan fingerprint density at radius 3 is 2.60 bits per heavy atom. The Hall–Kier alpha value is -1.75. The van der Waals surface area contributed by atoms with E-state index in [9.17, 15) is 9.59 Å². The Bertz CT molecular complexity index is 405. The molecule has 15 heavy (non-hydrogen) atoms. The van der Waals surface area contributed by atoms with Gasteiger partial charge in [-0.3, -0.25) is 4.79 Å². The lowest BCUT2D eigenvalue weighted by Gasteiger charge is -2.06. The molecule has 0 aliphatic carbocycles. The zero-order valence-corrected chi connectivity index (χ0v) is 8.32. The van der Waals surface area contributed by atoms with Crippen molar-refractivity contribution in [3.8, 4) is 5.75 Å². The third-order valence-corrected chi connectivity index (χ3v) is 1.84. The van der Waals surface area contributed by atoms with Gasteiger partial charge >= 0.3 is 5.97 Å². The van der Waals surface area contributed by atoms with Crippen LogP contribution in [0.1, 0.15) is 10.4 Å². The predicted octanol–water partition coefficient (Wildman–Crippen LogP) is 0.902. The highest BCUT2D eigenvalue weighted by Gasteiger charge is 2.08. The molecule has 0 heterocycles. The third-order valence-electron chi connectivity index (χ3n) is 1.55. The summed E-state index contributed by atoms with van der Waals surface area (Å²) in [5.41, 5.74) is 4.91. The molecule has 80 valence electrons. The van der Waals surface area contributed by atoms with Gasteiger partial charge in [-0.1, -0.05) is 11.6 Å². The average Bonchev–Trinajstić information content (AvgIpc) is 2.15. The van der Waals surface area contributed by atoms with Crippen LogP contribution in [0.3, 0.4) is 0 Å². The zero-order valence-electron chi connectivity index (χ0n) is 7.57. The van der Waals surface area contributed by atoms with Gasteiger partial charge < -0.3 is 15.6 Å². The number of amides is 1. The van der Waals surface area contributed by atoms with E-state index in [4.69, 9.17) is 27.2 Å². The second-order valence-electron chi connectivity index (χ2n) is 2.71. The summed E-state index contributed by atoms with van der Waals surface area (Å²) >= 11 is 5.72. The van der Waals surface area contributed by atoms with Crippen LogP contribution in [0, 0.1) is 0 Å². The maximum Gasteiger partial charge on any atom is 0.335 e. The summed E-state index contributed by atoms with van der Waals surface area (Å²) in [6.07, 6.45) is 0. The number of benzene rings is 1. The van der Waals surface area contributed by atoms with Gasteiger partial charge in [-0.2, -0.15) is 0 Å². The van der Waals surface area contributed by atoms with E-state index in [-0.39, 0.29) is 22.9 Å². The van der Waals surface area contributed by atoms with Gasteiger partial charge in [0.25, 0.3) is 5.91 Å². The molecule has 1 amide bonds. The molecular weight excluding hydrogens is 222 g/mol. The normalized spacial score (nSPS) is 9.67. The molecule has 0 spiro atoms. The van der Waals surface area contributed by atoms with E-state index in [1.807, 2.05) is 0 Å². The molecule has 0 saturated carbocycles. The minimum atomic E-state index is -1.08. The van der Waals surface area contributed by atoms with Gasteiger partial charge in [0.05, 0.1) is 10.6 Å². The first-order chi connectivity index (χ1) is 7.00. The number of carboxylic acids is 1. The quantitative estimate of drug-likeness (QED) is 0.803. The van der Waals surface area contributed by atoms with E-state index in [2.05, 4.69) is 0 Å². The van der Waals surface area contributed by atoms with E-state index in [1.54, 1.807) is 0 Å². The second kappa shape index (κ2) is 4.65. The fourth-order valence-corrected chi connectivity index (χ4v) is 1.13. The SMILES string of the molecule is NC(=O)COc1ccc(C(=O)O)cc1Cl. The average molecular weight is 230 g/mol. The Kier molecular flexibility index (Phi) is 3.51. The van der Waals surface area contributed by atoms with Crippen molar-refractivity contribution in [1.82, 2.24) is 0 Å². The van der Waals surface area contributed by atoms with E-state index in [0.717, 1.165) is 0 Å². The van der Waals surface area contributed by atoms with Gasteiger partial charge in [0.2, 0.25) is 0 Å². The number of hydrogen-bond acceptors (Lipinski definition) is 3. The summed E-state index contributed by atoms with van der Waals surface area (Å²) in [4.78, 5) is 21.0. The van der Waals surface area contributed by atoms with Gasteiger partial charge in [0.15, 0.2) is 6.61 Å². The van der Waals surface area contributed by atoms with Crippen molar-refractivity contribution in [2.45, 2.75) is 0 Å². The van der Waals surface area contributed by atoms with Crippen LogP contribution >= 0.6 is 11.6 Å². The van der Waals surface area contributed by atoms with Gasteiger partial charge in [-0.15, -0.1) is 0 Å². The summed E-state index contributed by atoms with van der Waals surface area (Å²) in [5.74, 6) is -1.49. The van der Waals surface area contributed by atoms with Crippen molar-refractivity contribution in [3.05, 3.63) is 28.8 Å². The fourth-order valence-electron chi connectivity index (χ4n) is 0.900. The Morgan fingerprint density at radius 1 is 1.47 bits per heavy atom. The molecule has 0 aliphatic heterocycles. The van der Waals surface area contributed by atoms with Crippen LogP contribution < -0.4 is 10.5 Å². The summed E-state index contributed by atoms with van der Waals surface area (Å²) in [6, 6.07) is 3.93. The molecular formula is C9H8ClNO4. The molecule has 0 radical (unpaired) electrons. The Balaban J connectivity index is 2.83. The third kappa shape index (κ3) is 3.14. The number of carbonyl (C=O) groups is 2. The Morgan fingerprint density at radius 2 is 2.13 bits per heavy atom. The molecule has 0 fully saturated rings. The summed E-state index contributed by atoms with van der Waals surface area (Å²) in [5, 5.41) is 8.77. The van der Waals surface area contributed by atoms with E-state index >= 15 is 0 Å². The molecule has 0 unspecified atom stereocenters. The molecule has 0 aromatic heterocycles. The van der Waals surface area contributed by atoms with Crippen LogP contribution in [0.25, 0.3) is 0 Å². The van der Waals surface area contributed by atoms with Crippen molar-refractivity contribution in [2.24, 2.45) is 5.73 Å². The Labute approximate surface area is 90.4 Å². The summed E-state index contributed by atoms with van der Waals surface area (Å²) in [7, 11) is 0. The molecule has 0 saturated heterocycles. The minimum Gasteiger partial charge on any atom is -0.482 e. The van der Waals surface area contributed by atoms with Gasteiger partial charge in [0.1, 0.15) is 5.75 Å². The van der Waals surface area contributed by atoms with Crippen molar-refractivity contribution in [2.75, 3.05) is 6.61 Å². The van der Waals surface area contributed by atoms with Crippen molar-refractivity contribution >= 4 is 23.5 Å². The first kappa shape index (κ1) is 11.3. The van der Waals surface area contributed by atoms with Crippen LogP contribution in [0.15, 0.2) is 18.2 Å². The minimum absolute atomic E-state index is 0.0476. The molecule has 0 aliphatic rings. The summed E-state index contributed by atoms with van der Waals surface area (Å²) in [6.45, 7) is -0.299. The topological polar surface area (TPSA) is 89.6 Å². The van der Waals surface area contributed by atoms with Gasteiger partial charge in [-0.05, 0) is 18.2 Å². The van der Waals surface area contributed by atoms with E-state index < -0.39 is 11.9 Å². The number of rotatable bonds is 4. The van der Waals surface area contributed by atoms with Crippen molar-refractivity contribution < 1.29 is 19.4 Å². The fraction of sp³-hybridized carbons (Fsp3) is 0.111. The molecule has 0 bridgehead atoms. The maximum atomic E-state index is 10.6. The monoisotopic (exact) mass is 229 g/mol. The standard InChI is InChI=1S/C9H8ClNO4/c10-6-3-5(9(13)14)1-2-7(6)15-4-8(11)12/h1-3H,4H2,(H2,11,12)(H,13,14). The number of carboxylic acid groups (broad SMARTS) is 1. The summed E-state index contributed by atoms with van der Waals surface area (Å²) < 4.78 is 4.93. The molecule has 1 aromatic carbocycles. The molecule has 1 rings (SSSR count). The lowest BCUT2D eigenvalue weighted by atomic mass is 10.2. The van der Waals surface area contributed by atoms with E-state index in [1.165, 1.54) is 18.2 Å². The first-order valence-electron chi connectivity index (χ1n) is 3.94. The maximum absolute atomic E-state index is 10.6. The number of carbonyl (C=O) groups excluding carboxylic acids is 1. The highest BCUT2D eigenvalue weighted by molar-refractivity contribution is 6.32. The van der Waals surface area contributed by atoms with Crippen LogP contribution in [-0.4, -0.2) is 23.6 Å². The van der Waals surface area contributed by atoms with E-state index in [0.29, 0.717) is 0 Å². The number of hydrogen-bond donors (Lipinski definition) is 2. The molecule has 6 heteroatoms. The molecule has 1 aromatic rings. The lowest BCUT2D eigenvalue weighted by Crippen LogP contribution is -2.20. The molecule has 3 N–H and O–H groups in total. The number of aromatic carboxylic acids is 1. The predicted molar refractivity (Wildman–Crippen MR) is 53.1 cm³/mol. The number of ether oxygens (including phenoxy) is 1. The first-order valence-corrected chi connectivity index (χ1v) is 4.32. The number of halogens is 1. The highest BCUT2D eigenvalue weighted by Crippen LogP contribution is 2.25. The van der Waals surface area contributed by atoms with Crippen molar-refractivity contribution in [3.63, 3.8) is 0 Å². The van der Waals surface area contributed by atoms with Gasteiger partial charge in [0, 0.05) is 0 Å². The van der Waals surface area contributed by atoms with Crippen LogP contribution in [0.5, 0.6) is 5.75 Å². The molecule has 0 atom stereocenters. The highest BCUT2D eigenvalue weighted by atomic mass is 35.5.